The molecule has 2 unspecified atom stereocenters. The van der Waals surface area contributed by atoms with Crippen molar-refractivity contribution >= 4 is 0 Å². The number of benzene rings is 1. The quantitative estimate of drug-likeness (QED) is 0.808. The van der Waals surface area contributed by atoms with Crippen LogP contribution in [-0.4, -0.2) is 24.1 Å². The van der Waals surface area contributed by atoms with Gasteiger partial charge in [-0.2, -0.15) is 0 Å². The van der Waals surface area contributed by atoms with Crippen molar-refractivity contribution in [3.05, 3.63) is 29.8 Å². The number of aliphatic hydroxyl groups excluding tert-OH is 1. The van der Waals surface area contributed by atoms with Crippen LogP contribution in [0.4, 0.5) is 13.2 Å². The number of hydrogen-bond acceptors (Lipinski definition) is 3. The summed E-state index contributed by atoms with van der Waals surface area (Å²) in [4.78, 5) is 0. The van der Waals surface area contributed by atoms with E-state index in [0.717, 1.165) is 12.0 Å². The summed E-state index contributed by atoms with van der Waals surface area (Å²) < 4.78 is 40.1. The molecule has 0 aliphatic rings. The maximum Gasteiger partial charge on any atom is 0.573 e. The summed E-state index contributed by atoms with van der Waals surface area (Å²) >= 11 is 0. The Bertz CT molecular complexity index is 418. The van der Waals surface area contributed by atoms with Crippen LogP contribution in [0.2, 0.25) is 0 Å². The molecule has 2 N–H and O–H groups in total. The first-order valence-corrected chi connectivity index (χ1v) is 6.94. The summed E-state index contributed by atoms with van der Waals surface area (Å²) in [5.41, 5.74) is 0.840. The fourth-order valence-electron chi connectivity index (χ4n) is 2.17. The van der Waals surface area contributed by atoms with E-state index in [1.807, 2.05) is 6.92 Å². The minimum absolute atomic E-state index is 0.0256. The summed E-state index contributed by atoms with van der Waals surface area (Å²) in [5, 5.41) is 12.6. The van der Waals surface area contributed by atoms with Gasteiger partial charge in [0.15, 0.2) is 0 Å². The van der Waals surface area contributed by atoms with E-state index in [0.29, 0.717) is 5.92 Å². The summed E-state index contributed by atoms with van der Waals surface area (Å²) in [6.45, 7) is 6.07. The largest absolute Gasteiger partial charge is 0.573 e. The average Bonchev–Trinajstić information content (AvgIpc) is 2.36. The topological polar surface area (TPSA) is 41.5 Å². The molecular formula is C15H22F3NO2. The van der Waals surface area contributed by atoms with Gasteiger partial charge in [-0.25, -0.2) is 0 Å². The van der Waals surface area contributed by atoms with Crippen LogP contribution in [0.3, 0.4) is 0 Å². The van der Waals surface area contributed by atoms with Gasteiger partial charge < -0.3 is 15.2 Å². The first-order chi connectivity index (χ1) is 9.71. The number of hydrogen-bond donors (Lipinski definition) is 2. The SMILES string of the molecule is CC(C)CC(CO)NC(C)c1ccc(OC(F)(F)F)cc1. The van der Waals surface area contributed by atoms with E-state index >= 15 is 0 Å². The van der Waals surface area contributed by atoms with Gasteiger partial charge in [-0.3, -0.25) is 0 Å². The van der Waals surface area contributed by atoms with Crippen molar-refractivity contribution in [3.63, 3.8) is 0 Å². The molecule has 0 amide bonds. The van der Waals surface area contributed by atoms with Gasteiger partial charge in [-0.15, -0.1) is 13.2 Å². The van der Waals surface area contributed by atoms with Gasteiger partial charge in [-0.05, 0) is 37.0 Å². The molecular weight excluding hydrogens is 283 g/mol. The molecule has 0 saturated heterocycles. The van der Waals surface area contributed by atoms with E-state index in [2.05, 4.69) is 23.9 Å². The van der Waals surface area contributed by atoms with Crippen LogP contribution in [0.15, 0.2) is 24.3 Å². The fourth-order valence-corrected chi connectivity index (χ4v) is 2.17. The van der Waals surface area contributed by atoms with Crippen molar-refractivity contribution in [2.75, 3.05) is 6.61 Å². The van der Waals surface area contributed by atoms with E-state index < -0.39 is 6.36 Å². The van der Waals surface area contributed by atoms with E-state index in [1.165, 1.54) is 12.1 Å². The molecule has 0 saturated carbocycles. The monoisotopic (exact) mass is 305 g/mol. The van der Waals surface area contributed by atoms with Crippen molar-refractivity contribution in [2.24, 2.45) is 5.92 Å². The molecule has 1 aromatic carbocycles. The van der Waals surface area contributed by atoms with Crippen molar-refractivity contribution < 1.29 is 23.0 Å². The molecule has 0 heterocycles. The first kappa shape index (κ1) is 17.8. The van der Waals surface area contributed by atoms with Gasteiger partial charge in [0, 0.05) is 12.1 Å². The number of halogens is 3. The lowest BCUT2D eigenvalue weighted by Gasteiger charge is -2.23. The van der Waals surface area contributed by atoms with Crippen molar-refractivity contribution in [1.29, 1.82) is 0 Å². The summed E-state index contributed by atoms with van der Waals surface area (Å²) in [6.07, 6.45) is -3.85. The standard InChI is InChI=1S/C15H22F3NO2/c1-10(2)8-13(9-20)19-11(3)12-4-6-14(7-5-12)21-15(16,17)18/h4-7,10-11,13,19-20H,8-9H2,1-3H3. The van der Waals surface area contributed by atoms with Crippen molar-refractivity contribution in [1.82, 2.24) is 5.32 Å². The lowest BCUT2D eigenvalue weighted by atomic mass is 10.0. The predicted molar refractivity (Wildman–Crippen MR) is 75.0 cm³/mol. The Morgan fingerprint density at radius 3 is 2.14 bits per heavy atom. The molecule has 0 aliphatic heterocycles. The molecule has 0 fully saturated rings. The molecule has 6 heteroatoms. The van der Waals surface area contributed by atoms with Gasteiger partial charge in [-0.1, -0.05) is 26.0 Å². The van der Waals surface area contributed by atoms with Crippen LogP contribution in [0.5, 0.6) is 5.75 Å². The number of nitrogens with one attached hydrogen (secondary N) is 1. The molecule has 1 aromatic rings. The third kappa shape index (κ3) is 6.82. The van der Waals surface area contributed by atoms with Crippen molar-refractivity contribution in [2.45, 2.75) is 45.6 Å². The summed E-state index contributed by atoms with van der Waals surface area (Å²) in [7, 11) is 0. The molecule has 3 nitrogen and oxygen atoms in total. The molecule has 0 aliphatic carbocycles. The second-order valence-corrected chi connectivity index (χ2v) is 5.51. The highest BCUT2D eigenvalue weighted by Crippen LogP contribution is 2.24. The zero-order valence-electron chi connectivity index (χ0n) is 12.4. The normalized spacial score (nSPS) is 15.0. The fraction of sp³-hybridized carbons (Fsp3) is 0.600. The summed E-state index contributed by atoms with van der Waals surface area (Å²) in [6, 6.07) is 5.65. The highest BCUT2D eigenvalue weighted by molar-refractivity contribution is 5.29. The second kappa shape index (κ2) is 7.66. The Kier molecular flexibility index (Phi) is 6.48. The first-order valence-electron chi connectivity index (χ1n) is 6.94. The molecule has 0 spiro atoms. The number of aliphatic hydroxyl groups is 1. The lowest BCUT2D eigenvalue weighted by molar-refractivity contribution is -0.274. The van der Waals surface area contributed by atoms with Crippen LogP contribution in [0.1, 0.15) is 38.8 Å². The zero-order chi connectivity index (χ0) is 16.0. The zero-order valence-corrected chi connectivity index (χ0v) is 12.4. The van der Waals surface area contributed by atoms with Crippen LogP contribution in [0, 0.1) is 5.92 Å². The molecule has 0 aromatic heterocycles. The van der Waals surface area contributed by atoms with Gasteiger partial charge in [0.1, 0.15) is 5.75 Å². The Balaban J connectivity index is 2.64. The van der Waals surface area contributed by atoms with Crippen molar-refractivity contribution in [3.8, 4) is 5.75 Å². The van der Waals surface area contributed by atoms with E-state index in [1.54, 1.807) is 12.1 Å². The summed E-state index contributed by atoms with van der Waals surface area (Å²) in [5.74, 6) is 0.212. The van der Waals surface area contributed by atoms with Crippen LogP contribution in [-0.2, 0) is 0 Å². The van der Waals surface area contributed by atoms with Gasteiger partial charge >= 0.3 is 6.36 Å². The molecule has 1 rings (SSSR count). The van der Waals surface area contributed by atoms with Gasteiger partial charge in [0.2, 0.25) is 0 Å². The molecule has 2 atom stereocenters. The minimum Gasteiger partial charge on any atom is -0.406 e. The molecule has 0 bridgehead atoms. The van der Waals surface area contributed by atoms with Crippen LogP contribution < -0.4 is 10.1 Å². The van der Waals surface area contributed by atoms with Gasteiger partial charge in [0.25, 0.3) is 0 Å². The predicted octanol–water partition coefficient (Wildman–Crippen LogP) is 3.64. The van der Waals surface area contributed by atoms with Gasteiger partial charge in [0.05, 0.1) is 6.61 Å². The number of rotatable bonds is 7. The number of alkyl halides is 3. The van der Waals surface area contributed by atoms with E-state index in [9.17, 15) is 18.3 Å². The Hall–Kier alpha value is -1.27. The Morgan fingerprint density at radius 1 is 1.14 bits per heavy atom. The van der Waals surface area contributed by atoms with Crippen LogP contribution >= 0.6 is 0 Å². The average molecular weight is 305 g/mol. The maximum atomic E-state index is 12.1. The minimum atomic E-state index is -4.68. The van der Waals surface area contributed by atoms with E-state index in [4.69, 9.17) is 0 Å². The third-order valence-electron chi connectivity index (χ3n) is 3.08. The maximum absolute atomic E-state index is 12.1. The van der Waals surface area contributed by atoms with E-state index in [-0.39, 0.29) is 24.4 Å². The highest BCUT2D eigenvalue weighted by atomic mass is 19.4. The molecule has 0 radical (unpaired) electrons. The van der Waals surface area contributed by atoms with Crippen LogP contribution in [0.25, 0.3) is 0 Å². The Morgan fingerprint density at radius 2 is 1.71 bits per heavy atom. The second-order valence-electron chi connectivity index (χ2n) is 5.51. The smallest absolute Gasteiger partial charge is 0.406 e. The highest BCUT2D eigenvalue weighted by Gasteiger charge is 2.31. The molecule has 21 heavy (non-hydrogen) atoms. The third-order valence-corrected chi connectivity index (χ3v) is 3.08. The number of ether oxygens (including phenoxy) is 1. The lowest BCUT2D eigenvalue weighted by Crippen LogP contribution is -2.35. The Labute approximate surface area is 123 Å². The molecule has 120 valence electrons.